The van der Waals surface area contributed by atoms with Crippen LogP contribution in [0, 0.1) is 40.9 Å². The number of fused-ring (bicyclic) bond motifs is 4. The normalized spacial score (nSPS) is 59.6. The minimum Gasteiger partial charge on any atom is -0.0596 e. The molecule has 5 aliphatic rings. The first-order valence-corrected chi connectivity index (χ1v) is 7.17. The van der Waals surface area contributed by atoms with E-state index >= 15 is 0 Å². The fraction of sp³-hybridized carbons (Fsp3) is 1.00. The van der Waals surface area contributed by atoms with Crippen LogP contribution in [0.25, 0.3) is 0 Å². The van der Waals surface area contributed by atoms with Gasteiger partial charge in [0.15, 0.2) is 0 Å². The largest absolute Gasteiger partial charge is 0.0596 e. The molecule has 15 heavy (non-hydrogen) atoms. The Balaban J connectivity index is 1.76. The number of hydrogen-bond donors (Lipinski definition) is 0. The Hall–Kier alpha value is 0. The summed E-state index contributed by atoms with van der Waals surface area (Å²) in [5.41, 5.74) is 0.689. The minimum absolute atomic E-state index is 0.689. The lowest BCUT2D eigenvalue weighted by Gasteiger charge is -2.54. The third-order valence-corrected chi connectivity index (χ3v) is 6.69. The van der Waals surface area contributed by atoms with Crippen molar-refractivity contribution in [1.29, 1.82) is 0 Å². The molecule has 5 aliphatic carbocycles. The van der Waals surface area contributed by atoms with Crippen molar-refractivity contribution in [1.82, 2.24) is 0 Å². The summed E-state index contributed by atoms with van der Waals surface area (Å²) in [5.74, 6) is 6.92. The standard InChI is InChI=1S/C15H24/c1-15(2)8-10-7-13(15)11-5-3-4-9-6-12(11)14(9)10/h9-14H,3-8H2,1-2H3/t9-,10?,11?,12-,13?,14?/m0/s1. The van der Waals surface area contributed by atoms with Crippen LogP contribution in [0.15, 0.2) is 0 Å². The molecule has 0 heteroatoms. The summed E-state index contributed by atoms with van der Waals surface area (Å²) in [5, 5.41) is 0. The molecule has 0 aromatic heterocycles. The quantitative estimate of drug-likeness (QED) is 0.557. The number of hydrogen-bond acceptors (Lipinski definition) is 0. The molecule has 5 rings (SSSR count). The Morgan fingerprint density at radius 2 is 1.80 bits per heavy atom. The Labute approximate surface area is 93.8 Å². The highest BCUT2D eigenvalue weighted by molar-refractivity contribution is 5.10. The first-order chi connectivity index (χ1) is 7.17. The van der Waals surface area contributed by atoms with E-state index in [0.717, 1.165) is 17.8 Å². The van der Waals surface area contributed by atoms with Gasteiger partial charge in [0.25, 0.3) is 0 Å². The highest BCUT2D eigenvalue weighted by Crippen LogP contribution is 2.69. The molecule has 0 amide bonds. The second kappa shape index (κ2) is 2.63. The van der Waals surface area contributed by atoms with Gasteiger partial charge in [0.2, 0.25) is 0 Å². The van der Waals surface area contributed by atoms with Crippen molar-refractivity contribution >= 4 is 0 Å². The molecule has 4 unspecified atom stereocenters. The molecule has 5 fully saturated rings. The van der Waals surface area contributed by atoms with Gasteiger partial charge in [-0.15, -0.1) is 0 Å². The summed E-state index contributed by atoms with van der Waals surface area (Å²) < 4.78 is 0. The van der Waals surface area contributed by atoms with Gasteiger partial charge in [-0.25, -0.2) is 0 Å². The molecule has 6 atom stereocenters. The Morgan fingerprint density at radius 3 is 2.67 bits per heavy atom. The van der Waals surface area contributed by atoms with E-state index in [1.807, 2.05) is 0 Å². The first kappa shape index (κ1) is 9.07. The summed E-state index contributed by atoms with van der Waals surface area (Å²) in [4.78, 5) is 0. The second-order valence-electron chi connectivity index (χ2n) is 7.63. The molecular formula is C15H24. The SMILES string of the molecule is CC1(C)CC2CC1C1CCC[C@H]3C[C@@H]1C23. The van der Waals surface area contributed by atoms with Crippen LogP contribution in [0.2, 0.25) is 0 Å². The molecule has 0 spiro atoms. The predicted molar refractivity (Wildman–Crippen MR) is 62.4 cm³/mol. The van der Waals surface area contributed by atoms with E-state index in [-0.39, 0.29) is 0 Å². The van der Waals surface area contributed by atoms with Crippen LogP contribution in [-0.4, -0.2) is 0 Å². The fourth-order valence-corrected chi connectivity index (χ4v) is 6.26. The molecule has 0 radical (unpaired) electrons. The Bertz CT molecular complexity index is 288. The smallest absolute Gasteiger partial charge is 0.0320 e. The van der Waals surface area contributed by atoms with Gasteiger partial charge in [-0.1, -0.05) is 26.7 Å². The molecule has 0 aromatic rings. The molecular weight excluding hydrogens is 180 g/mol. The maximum absolute atomic E-state index is 2.56. The molecule has 0 heterocycles. The van der Waals surface area contributed by atoms with Crippen LogP contribution in [0.4, 0.5) is 0 Å². The summed E-state index contributed by atoms with van der Waals surface area (Å²) in [6.07, 6.45) is 9.51. The van der Waals surface area contributed by atoms with Gasteiger partial charge < -0.3 is 0 Å². The van der Waals surface area contributed by atoms with E-state index in [1.165, 1.54) is 17.8 Å². The van der Waals surface area contributed by atoms with Gasteiger partial charge in [-0.05, 0) is 66.6 Å². The molecule has 5 saturated carbocycles. The van der Waals surface area contributed by atoms with Crippen molar-refractivity contribution in [2.24, 2.45) is 40.9 Å². The minimum atomic E-state index is 0.689. The van der Waals surface area contributed by atoms with Gasteiger partial charge in [-0.2, -0.15) is 0 Å². The zero-order chi connectivity index (χ0) is 10.2. The number of rotatable bonds is 0. The monoisotopic (exact) mass is 204 g/mol. The van der Waals surface area contributed by atoms with Crippen LogP contribution in [-0.2, 0) is 0 Å². The molecule has 0 saturated heterocycles. The molecule has 0 nitrogen and oxygen atoms in total. The third kappa shape index (κ3) is 0.996. The van der Waals surface area contributed by atoms with Crippen molar-refractivity contribution in [3.05, 3.63) is 0 Å². The van der Waals surface area contributed by atoms with Crippen LogP contribution in [0.5, 0.6) is 0 Å². The third-order valence-electron chi connectivity index (χ3n) is 6.69. The maximum Gasteiger partial charge on any atom is -0.0320 e. The van der Waals surface area contributed by atoms with Crippen molar-refractivity contribution < 1.29 is 0 Å². The molecule has 6 bridgehead atoms. The van der Waals surface area contributed by atoms with Crippen molar-refractivity contribution in [3.63, 3.8) is 0 Å². The van der Waals surface area contributed by atoms with Crippen molar-refractivity contribution in [2.45, 2.75) is 52.4 Å². The van der Waals surface area contributed by atoms with E-state index in [1.54, 1.807) is 38.5 Å². The maximum atomic E-state index is 2.56. The molecule has 0 aliphatic heterocycles. The summed E-state index contributed by atoms with van der Waals surface area (Å²) in [6, 6.07) is 0. The molecule has 84 valence electrons. The lowest BCUT2D eigenvalue weighted by molar-refractivity contribution is -0.0517. The van der Waals surface area contributed by atoms with Gasteiger partial charge in [0, 0.05) is 0 Å². The molecule has 0 aromatic carbocycles. The zero-order valence-electron chi connectivity index (χ0n) is 10.2. The summed E-state index contributed by atoms with van der Waals surface area (Å²) >= 11 is 0. The van der Waals surface area contributed by atoms with Crippen LogP contribution >= 0.6 is 0 Å². The lowest BCUT2D eigenvalue weighted by atomic mass is 9.51. The first-order valence-electron chi connectivity index (χ1n) is 7.17. The van der Waals surface area contributed by atoms with E-state index in [9.17, 15) is 0 Å². The van der Waals surface area contributed by atoms with E-state index < -0.39 is 0 Å². The summed E-state index contributed by atoms with van der Waals surface area (Å²) in [7, 11) is 0. The van der Waals surface area contributed by atoms with Gasteiger partial charge in [-0.3, -0.25) is 0 Å². The molecule has 0 N–H and O–H groups in total. The average molecular weight is 204 g/mol. The van der Waals surface area contributed by atoms with Crippen LogP contribution in [0.1, 0.15) is 52.4 Å². The van der Waals surface area contributed by atoms with Crippen molar-refractivity contribution in [3.8, 4) is 0 Å². The topological polar surface area (TPSA) is 0 Å². The zero-order valence-corrected chi connectivity index (χ0v) is 10.2. The van der Waals surface area contributed by atoms with Gasteiger partial charge in [0.05, 0.1) is 0 Å². The average Bonchev–Trinajstić information content (AvgIpc) is 2.34. The van der Waals surface area contributed by atoms with Crippen molar-refractivity contribution in [2.75, 3.05) is 0 Å². The van der Waals surface area contributed by atoms with E-state index in [0.29, 0.717) is 5.41 Å². The van der Waals surface area contributed by atoms with E-state index in [2.05, 4.69) is 13.8 Å². The van der Waals surface area contributed by atoms with Crippen LogP contribution in [0.3, 0.4) is 0 Å². The highest BCUT2D eigenvalue weighted by Gasteiger charge is 2.61. The summed E-state index contributed by atoms with van der Waals surface area (Å²) in [6.45, 7) is 5.12. The highest BCUT2D eigenvalue weighted by atomic mass is 14.7. The van der Waals surface area contributed by atoms with Gasteiger partial charge >= 0.3 is 0 Å². The fourth-order valence-electron chi connectivity index (χ4n) is 6.26. The second-order valence-corrected chi connectivity index (χ2v) is 7.63. The van der Waals surface area contributed by atoms with Gasteiger partial charge in [0.1, 0.15) is 0 Å². The van der Waals surface area contributed by atoms with Crippen LogP contribution < -0.4 is 0 Å². The predicted octanol–water partition coefficient (Wildman–Crippen LogP) is 4.10. The lowest BCUT2D eigenvalue weighted by Crippen LogP contribution is -2.47. The Morgan fingerprint density at radius 1 is 0.933 bits per heavy atom. The van der Waals surface area contributed by atoms with E-state index in [4.69, 9.17) is 0 Å². The Kier molecular flexibility index (Phi) is 1.59.